The first-order chi connectivity index (χ1) is 9.81. The second-order valence-corrected chi connectivity index (χ2v) is 4.74. The average molecular weight is 293 g/mol. The first kappa shape index (κ1) is 16.5. The largest absolute Gasteiger partial charge is 0.480 e. The van der Waals surface area contributed by atoms with Crippen LogP contribution in [-0.4, -0.2) is 36.1 Å². The van der Waals surface area contributed by atoms with E-state index in [1.807, 2.05) is 19.1 Å². The zero-order chi connectivity index (χ0) is 16.0. The number of carbonyl (C=O) groups excluding carboxylic acids is 2. The molecule has 114 valence electrons. The van der Waals surface area contributed by atoms with Gasteiger partial charge in [0.2, 0.25) is 5.91 Å². The Morgan fingerprint density at radius 2 is 1.86 bits per heavy atom. The molecule has 0 aliphatic carbocycles. The Balaban J connectivity index is 2.70. The quantitative estimate of drug-likeness (QED) is 0.722. The van der Waals surface area contributed by atoms with Crippen LogP contribution in [-0.2, 0) is 9.59 Å². The van der Waals surface area contributed by atoms with Crippen LogP contribution >= 0.6 is 0 Å². The third-order valence-corrected chi connectivity index (χ3v) is 3.00. The third-order valence-electron chi connectivity index (χ3n) is 3.00. The van der Waals surface area contributed by atoms with E-state index in [2.05, 4.69) is 5.32 Å². The summed E-state index contributed by atoms with van der Waals surface area (Å²) in [6, 6.07) is 5.50. The van der Waals surface area contributed by atoms with E-state index in [1.54, 1.807) is 12.1 Å². The summed E-state index contributed by atoms with van der Waals surface area (Å²) in [5.41, 5.74) is 6.67. The molecule has 21 heavy (non-hydrogen) atoms. The van der Waals surface area contributed by atoms with Gasteiger partial charge in [0.15, 0.2) is 0 Å². The number of hydrogen-bond donors (Lipinski definition) is 3. The van der Waals surface area contributed by atoms with Crippen LogP contribution in [0, 0.1) is 6.92 Å². The number of carboxylic acid groups (broad SMARTS) is 1. The lowest BCUT2D eigenvalue weighted by molar-refractivity contribution is -0.139. The Morgan fingerprint density at radius 3 is 2.33 bits per heavy atom. The Kier molecular flexibility index (Phi) is 5.71. The highest BCUT2D eigenvalue weighted by molar-refractivity contribution is 5.94. The number of carbonyl (C=O) groups is 3. The van der Waals surface area contributed by atoms with E-state index in [-0.39, 0.29) is 12.8 Å². The molecule has 0 saturated carbocycles. The predicted molar refractivity (Wildman–Crippen MR) is 78.0 cm³/mol. The van der Waals surface area contributed by atoms with Crippen molar-refractivity contribution in [3.8, 4) is 0 Å². The van der Waals surface area contributed by atoms with Gasteiger partial charge in [-0.1, -0.05) is 17.7 Å². The van der Waals surface area contributed by atoms with Crippen molar-refractivity contribution in [1.29, 1.82) is 0 Å². The number of primary amides is 1. The summed E-state index contributed by atoms with van der Waals surface area (Å²) in [6.07, 6.45) is -0.149. The van der Waals surface area contributed by atoms with Crippen molar-refractivity contribution in [1.82, 2.24) is 5.32 Å². The number of aliphatic carboxylic acids is 1. The number of nitrogens with two attached hydrogens (primary N) is 1. The summed E-state index contributed by atoms with van der Waals surface area (Å²) in [6.45, 7) is 1.92. The zero-order valence-electron chi connectivity index (χ0n) is 12.0. The lowest BCUT2D eigenvalue weighted by atomic mass is 10.1. The normalized spacial score (nSPS) is 11.5. The standard InChI is InChI=1S/C14H19N3O4/c1-9-3-5-10(6-4-9)17(2)14(21)16-11(13(19)20)7-8-12(15)18/h3-6,11H,7-8H2,1-2H3,(H2,15,18)(H,16,21)(H,19,20)/t11-/m1/s1. The molecule has 0 bridgehead atoms. The van der Waals surface area contributed by atoms with Gasteiger partial charge in [-0.15, -0.1) is 0 Å². The molecule has 0 unspecified atom stereocenters. The monoisotopic (exact) mass is 293 g/mol. The second kappa shape index (κ2) is 7.28. The predicted octanol–water partition coefficient (Wildman–Crippen LogP) is 0.860. The number of carboxylic acids is 1. The summed E-state index contributed by atoms with van der Waals surface area (Å²) in [7, 11) is 1.53. The van der Waals surface area contributed by atoms with Crippen molar-refractivity contribution in [2.24, 2.45) is 5.73 Å². The van der Waals surface area contributed by atoms with Crippen LogP contribution < -0.4 is 16.0 Å². The van der Waals surface area contributed by atoms with E-state index < -0.39 is 23.9 Å². The highest BCUT2D eigenvalue weighted by atomic mass is 16.4. The van der Waals surface area contributed by atoms with Crippen molar-refractivity contribution >= 4 is 23.6 Å². The number of aryl methyl sites for hydroxylation is 1. The molecule has 1 atom stereocenters. The van der Waals surface area contributed by atoms with Crippen molar-refractivity contribution in [2.75, 3.05) is 11.9 Å². The lowest BCUT2D eigenvalue weighted by Gasteiger charge is -2.21. The van der Waals surface area contributed by atoms with Crippen LogP contribution in [0.2, 0.25) is 0 Å². The maximum absolute atomic E-state index is 12.0. The van der Waals surface area contributed by atoms with Crippen LogP contribution in [0.4, 0.5) is 10.5 Å². The van der Waals surface area contributed by atoms with Gasteiger partial charge in [-0.3, -0.25) is 9.69 Å². The Labute approximate surface area is 122 Å². The number of nitrogens with zero attached hydrogens (tertiary/aromatic N) is 1. The van der Waals surface area contributed by atoms with Gasteiger partial charge >= 0.3 is 12.0 Å². The molecule has 1 rings (SSSR count). The molecule has 0 aromatic heterocycles. The number of anilines is 1. The van der Waals surface area contributed by atoms with Gasteiger partial charge < -0.3 is 16.2 Å². The van der Waals surface area contributed by atoms with Crippen LogP contribution in [0.15, 0.2) is 24.3 Å². The molecule has 0 aliphatic rings. The van der Waals surface area contributed by atoms with Gasteiger partial charge in [-0.2, -0.15) is 0 Å². The fourth-order valence-corrected chi connectivity index (χ4v) is 1.68. The molecule has 0 aliphatic heterocycles. The van der Waals surface area contributed by atoms with Crippen molar-refractivity contribution in [3.63, 3.8) is 0 Å². The summed E-state index contributed by atoms with van der Waals surface area (Å²) in [4.78, 5) is 35.1. The zero-order valence-corrected chi connectivity index (χ0v) is 12.0. The molecule has 7 nitrogen and oxygen atoms in total. The molecule has 0 spiro atoms. The number of benzene rings is 1. The van der Waals surface area contributed by atoms with E-state index >= 15 is 0 Å². The molecule has 1 aromatic carbocycles. The number of urea groups is 1. The second-order valence-electron chi connectivity index (χ2n) is 4.74. The molecular weight excluding hydrogens is 274 g/mol. The van der Waals surface area contributed by atoms with Crippen LogP contribution in [0.1, 0.15) is 18.4 Å². The van der Waals surface area contributed by atoms with E-state index in [9.17, 15) is 14.4 Å². The number of amides is 3. The van der Waals surface area contributed by atoms with E-state index in [4.69, 9.17) is 10.8 Å². The van der Waals surface area contributed by atoms with Crippen molar-refractivity contribution < 1.29 is 19.5 Å². The SMILES string of the molecule is Cc1ccc(N(C)C(=O)N[C@H](CCC(N)=O)C(=O)O)cc1. The highest BCUT2D eigenvalue weighted by Crippen LogP contribution is 2.13. The van der Waals surface area contributed by atoms with Gasteiger partial charge in [-0.05, 0) is 25.5 Å². The van der Waals surface area contributed by atoms with Crippen LogP contribution in [0.3, 0.4) is 0 Å². The fourth-order valence-electron chi connectivity index (χ4n) is 1.68. The number of nitrogens with one attached hydrogen (secondary N) is 1. The van der Waals surface area contributed by atoms with E-state index in [0.29, 0.717) is 5.69 Å². The molecule has 0 saturated heterocycles. The maximum atomic E-state index is 12.0. The van der Waals surface area contributed by atoms with Gasteiger partial charge in [0.1, 0.15) is 6.04 Å². The number of hydrogen-bond acceptors (Lipinski definition) is 3. The summed E-state index contributed by atoms with van der Waals surface area (Å²) in [5, 5.41) is 11.4. The van der Waals surface area contributed by atoms with E-state index in [1.165, 1.54) is 11.9 Å². The van der Waals surface area contributed by atoms with Crippen LogP contribution in [0.25, 0.3) is 0 Å². The summed E-state index contributed by atoms with van der Waals surface area (Å²) >= 11 is 0. The summed E-state index contributed by atoms with van der Waals surface area (Å²) in [5.74, 6) is -1.82. The minimum Gasteiger partial charge on any atom is -0.480 e. The third kappa shape index (κ3) is 5.13. The van der Waals surface area contributed by atoms with Gasteiger partial charge in [0.25, 0.3) is 0 Å². The van der Waals surface area contributed by atoms with Crippen LogP contribution in [0.5, 0.6) is 0 Å². The van der Waals surface area contributed by atoms with E-state index in [0.717, 1.165) is 5.56 Å². The minimum absolute atomic E-state index is 0.0435. The maximum Gasteiger partial charge on any atom is 0.326 e. The minimum atomic E-state index is -1.21. The Hall–Kier alpha value is -2.57. The average Bonchev–Trinajstić information content (AvgIpc) is 2.42. The van der Waals surface area contributed by atoms with Crippen molar-refractivity contribution in [2.45, 2.75) is 25.8 Å². The molecule has 3 amide bonds. The van der Waals surface area contributed by atoms with Gasteiger partial charge in [-0.25, -0.2) is 9.59 Å². The van der Waals surface area contributed by atoms with Gasteiger partial charge in [0, 0.05) is 19.2 Å². The van der Waals surface area contributed by atoms with Gasteiger partial charge in [0.05, 0.1) is 0 Å². The first-order valence-electron chi connectivity index (χ1n) is 6.43. The fraction of sp³-hybridized carbons (Fsp3) is 0.357. The lowest BCUT2D eigenvalue weighted by Crippen LogP contribution is -2.47. The topological polar surface area (TPSA) is 113 Å². The molecule has 0 fully saturated rings. The smallest absolute Gasteiger partial charge is 0.326 e. The molecule has 1 aromatic rings. The molecule has 0 radical (unpaired) electrons. The molecule has 4 N–H and O–H groups in total. The Bertz CT molecular complexity index is 528. The molecule has 7 heteroatoms. The molecule has 0 heterocycles. The Morgan fingerprint density at radius 1 is 1.29 bits per heavy atom. The first-order valence-corrected chi connectivity index (χ1v) is 6.43. The van der Waals surface area contributed by atoms with Crippen molar-refractivity contribution in [3.05, 3.63) is 29.8 Å². The highest BCUT2D eigenvalue weighted by Gasteiger charge is 2.22. The summed E-state index contributed by atoms with van der Waals surface area (Å²) < 4.78 is 0. The number of rotatable bonds is 6. The molecular formula is C14H19N3O4.